The summed E-state index contributed by atoms with van der Waals surface area (Å²) >= 11 is 0. The molecule has 1 aromatic carbocycles. The van der Waals surface area contributed by atoms with Crippen molar-refractivity contribution in [3.8, 4) is 11.3 Å². The van der Waals surface area contributed by atoms with E-state index in [1.807, 2.05) is 12.1 Å². The Bertz CT molecular complexity index is 518. The monoisotopic (exact) mass is 229 g/mol. The van der Waals surface area contributed by atoms with Crippen LogP contribution < -0.4 is 0 Å². The fourth-order valence-electron chi connectivity index (χ4n) is 1.68. The summed E-state index contributed by atoms with van der Waals surface area (Å²) in [7, 11) is 0. The van der Waals surface area contributed by atoms with Crippen molar-refractivity contribution in [1.29, 1.82) is 0 Å². The summed E-state index contributed by atoms with van der Waals surface area (Å²) in [6.45, 7) is 6.48. The van der Waals surface area contributed by atoms with Crippen molar-refractivity contribution in [2.75, 3.05) is 0 Å². The highest BCUT2D eigenvalue weighted by Crippen LogP contribution is 2.26. The fraction of sp³-hybridized carbons (Fsp3) is 0.286. The molecular weight excluding hydrogens is 214 g/mol. The summed E-state index contributed by atoms with van der Waals surface area (Å²) in [5.41, 5.74) is 2.86. The maximum absolute atomic E-state index is 10.8. The molecule has 0 bridgehead atoms. The summed E-state index contributed by atoms with van der Waals surface area (Å²) in [4.78, 5) is 14.8. The van der Waals surface area contributed by atoms with E-state index < -0.39 is 0 Å². The zero-order chi connectivity index (χ0) is 12.5. The number of carbonyl (C=O) groups excluding carboxylic acids is 1. The van der Waals surface area contributed by atoms with Crippen LogP contribution in [0.3, 0.4) is 0 Å². The lowest BCUT2D eigenvalue weighted by Crippen LogP contribution is -2.10. The molecule has 0 radical (unpaired) electrons. The normalized spacial score (nSPS) is 11.5. The Balaban J connectivity index is 2.39. The van der Waals surface area contributed by atoms with E-state index in [4.69, 9.17) is 4.42 Å². The average molecular weight is 229 g/mol. The number of aromatic nitrogens is 1. The Kier molecular flexibility index (Phi) is 2.84. The number of benzene rings is 1. The molecule has 0 aliphatic carbocycles. The highest BCUT2D eigenvalue weighted by atomic mass is 16.3. The van der Waals surface area contributed by atoms with Gasteiger partial charge in [0.1, 0.15) is 5.69 Å². The highest BCUT2D eigenvalue weighted by molar-refractivity contribution is 5.81. The lowest BCUT2D eigenvalue weighted by molar-refractivity contribution is 0.110. The predicted octanol–water partition coefficient (Wildman–Crippen LogP) is 3.45. The fourth-order valence-corrected chi connectivity index (χ4v) is 1.68. The molecule has 0 N–H and O–H groups in total. The van der Waals surface area contributed by atoms with Crippen LogP contribution in [0.25, 0.3) is 11.3 Å². The lowest BCUT2D eigenvalue weighted by atomic mass is 9.86. The zero-order valence-corrected chi connectivity index (χ0v) is 10.2. The lowest BCUT2D eigenvalue weighted by Gasteiger charge is -2.18. The van der Waals surface area contributed by atoms with E-state index in [1.165, 1.54) is 12.0 Å². The molecule has 17 heavy (non-hydrogen) atoms. The second kappa shape index (κ2) is 4.17. The van der Waals surface area contributed by atoms with E-state index in [-0.39, 0.29) is 11.2 Å². The molecule has 3 heteroatoms. The van der Waals surface area contributed by atoms with Crippen LogP contribution in [0.1, 0.15) is 36.9 Å². The summed E-state index contributed by atoms with van der Waals surface area (Å²) in [5, 5.41) is 0. The van der Waals surface area contributed by atoms with Crippen molar-refractivity contribution in [3.63, 3.8) is 0 Å². The van der Waals surface area contributed by atoms with Gasteiger partial charge in [-0.25, -0.2) is 4.98 Å². The number of hydrogen-bond donors (Lipinski definition) is 0. The minimum Gasteiger partial charge on any atom is -0.440 e. The number of rotatable bonds is 2. The molecule has 2 rings (SSSR count). The summed E-state index contributed by atoms with van der Waals surface area (Å²) < 4.78 is 4.99. The topological polar surface area (TPSA) is 43.1 Å². The Morgan fingerprint density at radius 3 is 2.35 bits per heavy atom. The summed E-state index contributed by atoms with van der Waals surface area (Å²) in [6, 6.07) is 8.04. The van der Waals surface area contributed by atoms with Crippen LogP contribution >= 0.6 is 0 Å². The van der Waals surface area contributed by atoms with Crippen LogP contribution in [0, 0.1) is 0 Å². The number of carbonyl (C=O) groups is 1. The van der Waals surface area contributed by atoms with Gasteiger partial charge in [0, 0.05) is 5.56 Å². The molecule has 1 heterocycles. The molecule has 0 saturated heterocycles. The van der Waals surface area contributed by atoms with E-state index >= 15 is 0 Å². The third-order valence-electron chi connectivity index (χ3n) is 2.73. The van der Waals surface area contributed by atoms with Crippen LogP contribution in [0.5, 0.6) is 0 Å². The highest BCUT2D eigenvalue weighted by Gasteiger charge is 2.14. The Hall–Kier alpha value is -1.90. The first-order valence-electron chi connectivity index (χ1n) is 5.52. The quantitative estimate of drug-likeness (QED) is 0.741. The molecule has 0 saturated carbocycles. The molecule has 0 spiro atoms. The first-order valence-corrected chi connectivity index (χ1v) is 5.52. The van der Waals surface area contributed by atoms with E-state index in [2.05, 4.69) is 37.9 Å². The van der Waals surface area contributed by atoms with E-state index in [1.54, 1.807) is 0 Å². The Labute approximate surface area is 100 Å². The number of nitrogens with zero attached hydrogens (tertiary/aromatic N) is 1. The van der Waals surface area contributed by atoms with Gasteiger partial charge in [-0.2, -0.15) is 0 Å². The molecule has 0 atom stereocenters. The van der Waals surface area contributed by atoms with Gasteiger partial charge in [0.05, 0.1) is 0 Å². The first-order chi connectivity index (χ1) is 8.02. The van der Waals surface area contributed by atoms with Gasteiger partial charge in [-0.1, -0.05) is 45.0 Å². The van der Waals surface area contributed by atoms with Crippen molar-refractivity contribution in [3.05, 3.63) is 42.0 Å². The number of hydrogen-bond acceptors (Lipinski definition) is 3. The van der Waals surface area contributed by atoms with E-state index in [9.17, 15) is 4.79 Å². The van der Waals surface area contributed by atoms with Crippen LogP contribution in [0.2, 0.25) is 0 Å². The third kappa shape index (κ3) is 2.28. The molecule has 0 aliphatic rings. The van der Waals surface area contributed by atoms with Gasteiger partial charge < -0.3 is 4.42 Å². The minimum absolute atomic E-state index is 0.121. The van der Waals surface area contributed by atoms with Gasteiger partial charge >= 0.3 is 0 Å². The minimum atomic E-state index is 0.121. The maximum Gasteiger partial charge on any atom is 0.194 e. The van der Waals surface area contributed by atoms with Gasteiger partial charge in [0.15, 0.2) is 18.4 Å². The zero-order valence-electron chi connectivity index (χ0n) is 10.2. The van der Waals surface area contributed by atoms with E-state index in [0.29, 0.717) is 12.0 Å². The second-order valence-corrected chi connectivity index (χ2v) is 5.01. The Morgan fingerprint density at radius 2 is 1.82 bits per heavy atom. The van der Waals surface area contributed by atoms with Crippen LogP contribution in [0.15, 0.2) is 35.1 Å². The number of oxazole rings is 1. The molecule has 0 amide bonds. The molecular formula is C14H15NO2. The second-order valence-electron chi connectivity index (χ2n) is 5.01. The van der Waals surface area contributed by atoms with Crippen molar-refractivity contribution >= 4 is 6.29 Å². The molecule has 88 valence electrons. The van der Waals surface area contributed by atoms with Crippen molar-refractivity contribution in [2.24, 2.45) is 0 Å². The van der Waals surface area contributed by atoms with Crippen LogP contribution in [-0.4, -0.2) is 11.3 Å². The Morgan fingerprint density at radius 1 is 1.18 bits per heavy atom. The van der Waals surface area contributed by atoms with Gasteiger partial charge in [0.2, 0.25) is 0 Å². The molecule has 0 fully saturated rings. The van der Waals surface area contributed by atoms with Crippen LogP contribution in [0.4, 0.5) is 0 Å². The standard InChI is InChI=1S/C14H15NO2/c1-14(2,3)11-6-4-10(5-7-11)13-12(8-16)17-9-15-13/h4-9H,1-3H3. The number of aldehydes is 1. The van der Waals surface area contributed by atoms with Gasteiger partial charge in [0.25, 0.3) is 0 Å². The van der Waals surface area contributed by atoms with Crippen molar-refractivity contribution in [1.82, 2.24) is 4.98 Å². The maximum atomic E-state index is 10.8. The molecule has 2 aromatic rings. The molecule has 3 nitrogen and oxygen atoms in total. The van der Waals surface area contributed by atoms with Crippen LogP contribution in [-0.2, 0) is 5.41 Å². The van der Waals surface area contributed by atoms with Crippen molar-refractivity contribution < 1.29 is 9.21 Å². The van der Waals surface area contributed by atoms with Gasteiger partial charge in [-0.15, -0.1) is 0 Å². The molecule has 0 aliphatic heterocycles. The first kappa shape index (κ1) is 11.6. The molecule has 1 aromatic heterocycles. The SMILES string of the molecule is CC(C)(C)c1ccc(-c2ncoc2C=O)cc1. The smallest absolute Gasteiger partial charge is 0.194 e. The third-order valence-corrected chi connectivity index (χ3v) is 2.73. The predicted molar refractivity (Wildman–Crippen MR) is 66.0 cm³/mol. The summed E-state index contributed by atoms with van der Waals surface area (Å²) in [5.74, 6) is 0.272. The largest absolute Gasteiger partial charge is 0.440 e. The van der Waals surface area contributed by atoms with Crippen molar-refractivity contribution in [2.45, 2.75) is 26.2 Å². The van der Waals surface area contributed by atoms with Gasteiger partial charge in [-0.3, -0.25) is 4.79 Å². The van der Waals surface area contributed by atoms with Gasteiger partial charge in [-0.05, 0) is 11.0 Å². The molecule has 0 unspecified atom stereocenters. The van der Waals surface area contributed by atoms with E-state index in [0.717, 1.165) is 5.56 Å². The summed E-state index contributed by atoms with van der Waals surface area (Å²) in [6.07, 6.45) is 1.97. The average Bonchev–Trinajstić information content (AvgIpc) is 2.76.